The van der Waals surface area contributed by atoms with Gasteiger partial charge in [0.2, 0.25) is 5.91 Å². The van der Waals surface area contributed by atoms with Crippen LogP contribution in [0.15, 0.2) is 24.5 Å². The van der Waals surface area contributed by atoms with E-state index in [1.807, 2.05) is 12.1 Å². The Morgan fingerprint density at radius 2 is 2.05 bits per heavy atom. The number of pyridine rings is 1. The lowest BCUT2D eigenvalue weighted by molar-refractivity contribution is -0.138. The molecule has 0 saturated heterocycles. The van der Waals surface area contributed by atoms with Gasteiger partial charge in [-0.3, -0.25) is 14.6 Å². The van der Waals surface area contributed by atoms with Crippen LogP contribution in [0.4, 0.5) is 0 Å². The van der Waals surface area contributed by atoms with Crippen LogP contribution >= 0.6 is 0 Å². The minimum atomic E-state index is -0.930. The fourth-order valence-electron chi connectivity index (χ4n) is 2.07. The monoisotopic (exact) mass is 277 g/mol. The lowest BCUT2D eigenvalue weighted by atomic mass is 10.1. The van der Waals surface area contributed by atoms with Gasteiger partial charge in [-0.1, -0.05) is 0 Å². The first-order chi connectivity index (χ1) is 9.58. The molecule has 0 aromatic carbocycles. The molecule has 1 heterocycles. The molecule has 1 amide bonds. The fraction of sp³-hybridized carbons (Fsp3) is 0.500. The predicted octanol–water partition coefficient (Wildman–Crippen LogP) is 0.765. The zero-order chi connectivity index (χ0) is 14.5. The maximum Gasteiger partial charge on any atom is 0.303 e. The second-order valence-electron chi connectivity index (χ2n) is 5.09. The third-order valence-corrected chi connectivity index (χ3v) is 3.36. The van der Waals surface area contributed by atoms with E-state index < -0.39 is 12.0 Å². The Morgan fingerprint density at radius 1 is 1.40 bits per heavy atom. The van der Waals surface area contributed by atoms with E-state index in [0.29, 0.717) is 6.54 Å². The molecule has 1 unspecified atom stereocenters. The molecule has 0 bridgehead atoms. The van der Waals surface area contributed by atoms with Gasteiger partial charge in [-0.05, 0) is 37.0 Å². The smallest absolute Gasteiger partial charge is 0.303 e. The molecule has 2 rings (SSSR count). The maximum absolute atomic E-state index is 12.3. The van der Waals surface area contributed by atoms with Crippen LogP contribution in [0.2, 0.25) is 0 Å². The molecule has 20 heavy (non-hydrogen) atoms. The summed E-state index contributed by atoms with van der Waals surface area (Å²) >= 11 is 0. The Balaban J connectivity index is 1.97. The molecule has 1 saturated carbocycles. The van der Waals surface area contributed by atoms with Crippen LogP contribution in [-0.4, -0.2) is 39.0 Å². The van der Waals surface area contributed by atoms with Crippen molar-refractivity contribution in [3.8, 4) is 0 Å². The highest BCUT2D eigenvalue weighted by atomic mass is 16.4. The van der Waals surface area contributed by atoms with Crippen molar-refractivity contribution in [3.63, 3.8) is 0 Å². The lowest BCUT2D eigenvalue weighted by Gasteiger charge is -2.25. The van der Waals surface area contributed by atoms with Crippen LogP contribution in [0, 0.1) is 0 Å². The SMILES string of the molecule is NC(CCC(=O)O)C(=O)N(Cc1ccncc1)C1CC1. The van der Waals surface area contributed by atoms with Crippen molar-refractivity contribution >= 4 is 11.9 Å². The van der Waals surface area contributed by atoms with Crippen LogP contribution in [0.5, 0.6) is 0 Å². The zero-order valence-corrected chi connectivity index (χ0v) is 11.2. The molecule has 0 aliphatic heterocycles. The minimum absolute atomic E-state index is 0.0827. The van der Waals surface area contributed by atoms with Crippen LogP contribution in [0.1, 0.15) is 31.2 Å². The van der Waals surface area contributed by atoms with E-state index in [1.165, 1.54) is 0 Å². The van der Waals surface area contributed by atoms with Crippen molar-refractivity contribution in [1.82, 2.24) is 9.88 Å². The van der Waals surface area contributed by atoms with Gasteiger partial charge < -0.3 is 15.7 Å². The van der Waals surface area contributed by atoms with Crippen molar-refractivity contribution in [2.45, 2.75) is 44.3 Å². The van der Waals surface area contributed by atoms with Gasteiger partial charge in [0.25, 0.3) is 0 Å². The second kappa shape index (κ2) is 6.47. The molecule has 1 atom stereocenters. The van der Waals surface area contributed by atoms with Gasteiger partial charge in [-0.15, -0.1) is 0 Å². The average molecular weight is 277 g/mol. The summed E-state index contributed by atoms with van der Waals surface area (Å²) in [5.74, 6) is -1.09. The molecule has 6 heteroatoms. The Morgan fingerprint density at radius 3 is 2.60 bits per heavy atom. The Hall–Kier alpha value is -1.95. The molecule has 6 nitrogen and oxygen atoms in total. The summed E-state index contributed by atoms with van der Waals surface area (Å²) in [6.07, 6.45) is 5.45. The van der Waals surface area contributed by atoms with Gasteiger partial charge in [0.1, 0.15) is 0 Å². The van der Waals surface area contributed by atoms with Gasteiger partial charge in [-0.2, -0.15) is 0 Å². The van der Waals surface area contributed by atoms with E-state index in [4.69, 9.17) is 10.8 Å². The molecular weight excluding hydrogens is 258 g/mol. The van der Waals surface area contributed by atoms with Gasteiger partial charge in [0.15, 0.2) is 0 Å². The number of aromatic nitrogens is 1. The van der Waals surface area contributed by atoms with E-state index in [-0.39, 0.29) is 24.8 Å². The maximum atomic E-state index is 12.3. The highest BCUT2D eigenvalue weighted by Gasteiger charge is 2.34. The summed E-state index contributed by atoms with van der Waals surface area (Å²) in [5, 5.41) is 8.65. The Kier molecular flexibility index (Phi) is 4.68. The second-order valence-corrected chi connectivity index (χ2v) is 5.09. The number of carbonyl (C=O) groups is 2. The quantitative estimate of drug-likeness (QED) is 0.767. The van der Waals surface area contributed by atoms with Crippen molar-refractivity contribution in [1.29, 1.82) is 0 Å². The van der Waals surface area contributed by atoms with Crippen LogP contribution in [0.25, 0.3) is 0 Å². The summed E-state index contributed by atoms with van der Waals surface area (Å²) in [4.78, 5) is 28.6. The van der Waals surface area contributed by atoms with Gasteiger partial charge >= 0.3 is 5.97 Å². The van der Waals surface area contributed by atoms with E-state index in [9.17, 15) is 9.59 Å². The number of aliphatic carboxylic acids is 1. The summed E-state index contributed by atoms with van der Waals surface area (Å²) in [7, 11) is 0. The van der Waals surface area contributed by atoms with Crippen molar-refractivity contribution in [3.05, 3.63) is 30.1 Å². The van der Waals surface area contributed by atoms with Gasteiger partial charge in [0.05, 0.1) is 6.04 Å². The number of carboxylic acid groups (broad SMARTS) is 1. The summed E-state index contributed by atoms with van der Waals surface area (Å²) in [5.41, 5.74) is 6.82. The lowest BCUT2D eigenvalue weighted by Crippen LogP contribution is -2.44. The highest BCUT2D eigenvalue weighted by Crippen LogP contribution is 2.29. The van der Waals surface area contributed by atoms with Crippen LogP contribution < -0.4 is 5.73 Å². The summed E-state index contributed by atoms with van der Waals surface area (Å²) in [6, 6.07) is 3.23. The van der Waals surface area contributed by atoms with E-state index >= 15 is 0 Å². The van der Waals surface area contributed by atoms with Gasteiger partial charge in [-0.25, -0.2) is 0 Å². The number of hydrogen-bond acceptors (Lipinski definition) is 4. The minimum Gasteiger partial charge on any atom is -0.481 e. The molecule has 0 radical (unpaired) electrons. The number of nitrogens with zero attached hydrogens (tertiary/aromatic N) is 2. The third kappa shape index (κ3) is 4.03. The molecule has 1 aliphatic rings. The van der Waals surface area contributed by atoms with E-state index in [0.717, 1.165) is 18.4 Å². The number of carbonyl (C=O) groups excluding carboxylic acids is 1. The van der Waals surface area contributed by atoms with E-state index in [1.54, 1.807) is 17.3 Å². The third-order valence-electron chi connectivity index (χ3n) is 3.36. The first kappa shape index (κ1) is 14.5. The standard InChI is InChI=1S/C14H19N3O3/c15-12(3-4-13(18)19)14(20)17(11-1-2-11)9-10-5-7-16-8-6-10/h5-8,11-12H,1-4,9,15H2,(H,18,19). The number of amides is 1. The molecule has 1 fully saturated rings. The average Bonchev–Trinajstić information content (AvgIpc) is 3.27. The molecule has 1 aliphatic carbocycles. The zero-order valence-electron chi connectivity index (χ0n) is 11.2. The number of nitrogens with two attached hydrogens (primary N) is 1. The first-order valence-corrected chi connectivity index (χ1v) is 6.74. The van der Waals surface area contributed by atoms with Crippen LogP contribution in [-0.2, 0) is 16.1 Å². The Bertz CT molecular complexity index is 474. The van der Waals surface area contributed by atoms with E-state index in [2.05, 4.69) is 4.98 Å². The molecule has 1 aromatic rings. The van der Waals surface area contributed by atoms with Crippen molar-refractivity contribution < 1.29 is 14.7 Å². The fourth-order valence-corrected chi connectivity index (χ4v) is 2.07. The summed E-state index contributed by atoms with van der Waals surface area (Å²) < 4.78 is 0. The molecule has 1 aromatic heterocycles. The van der Waals surface area contributed by atoms with Gasteiger partial charge in [0, 0.05) is 31.4 Å². The summed E-state index contributed by atoms with van der Waals surface area (Å²) in [6.45, 7) is 0.507. The number of carboxylic acids is 1. The molecule has 0 spiro atoms. The van der Waals surface area contributed by atoms with Crippen LogP contribution in [0.3, 0.4) is 0 Å². The topological polar surface area (TPSA) is 96.5 Å². The Labute approximate surface area is 117 Å². The first-order valence-electron chi connectivity index (χ1n) is 6.74. The number of hydrogen-bond donors (Lipinski definition) is 2. The predicted molar refractivity (Wildman–Crippen MR) is 72.7 cm³/mol. The molecule has 108 valence electrons. The van der Waals surface area contributed by atoms with Crippen molar-refractivity contribution in [2.24, 2.45) is 5.73 Å². The largest absolute Gasteiger partial charge is 0.481 e. The normalized spacial score (nSPS) is 15.7. The molecule has 3 N–H and O–H groups in total. The highest BCUT2D eigenvalue weighted by molar-refractivity contribution is 5.82. The molecular formula is C14H19N3O3. The number of rotatable bonds is 7. The van der Waals surface area contributed by atoms with Crippen molar-refractivity contribution in [2.75, 3.05) is 0 Å².